The maximum absolute atomic E-state index is 11.8. The van der Waals surface area contributed by atoms with Crippen LogP contribution in [-0.4, -0.2) is 49.2 Å². The highest BCUT2D eigenvalue weighted by molar-refractivity contribution is 5.75. The molecule has 0 aliphatic heterocycles. The van der Waals surface area contributed by atoms with Crippen LogP contribution in [0.3, 0.4) is 0 Å². The largest absolute Gasteiger partial charge is 0.465 e. The first-order valence-corrected chi connectivity index (χ1v) is 7.72. The van der Waals surface area contributed by atoms with Gasteiger partial charge in [0.15, 0.2) is 0 Å². The zero-order valence-corrected chi connectivity index (χ0v) is 12.9. The van der Waals surface area contributed by atoms with E-state index in [1.54, 1.807) is 0 Å². The minimum absolute atomic E-state index is 0.112. The first-order chi connectivity index (χ1) is 9.08. The molecule has 0 aromatic carbocycles. The standard InChI is InChI=1S/C15H30N2O2/c1-5-16-14(15(18)19-6-2)9-10-17(12(3)4)11-13-7-8-13/h12-14,16H,5-11H2,1-4H3. The highest BCUT2D eigenvalue weighted by Crippen LogP contribution is 2.30. The molecule has 1 aliphatic rings. The summed E-state index contributed by atoms with van der Waals surface area (Å²) in [5, 5.41) is 3.23. The van der Waals surface area contributed by atoms with E-state index in [0.29, 0.717) is 12.6 Å². The molecular weight excluding hydrogens is 240 g/mol. The zero-order valence-electron chi connectivity index (χ0n) is 12.9. The lowest BCUT2D eigenvalue weighted by molar-refractivity contribution is -0.145. The summed E-state index contributed by atoms with van der Waals surface area (Å²) < 4.78 is 5.12. The molecule has 0 heterocycles. The molecule has 0 bridgehead atoms. The van der Waals surface area contributed by atoms with Gasteiger partial charge in [0, 0.05) is 19.1 Å². The number of nitrogens with one attached hydrogen (secondary N) is 1. The molecule has 19 heavy (non-hydrogen) atoms. The number of hydrogen-bond donors (Lipinski definition) is 1. The molecule has 0 saturated heterocycles. The Labute approximate surface area is 117 Å². The number of esters is 1. The Bertz CT molecular complexity index is 265. The first kappa shape index (κ1) is 16.4. The normalized spacial score (nSPS) is 16.9. The highest BCUT2D eigenvalue weighted by atomic mass is 16.5. The fraction of sp³-hybridized carbons (Fsp3) is 0.933. The second kappa shape index (κ2) is 8.54. The number of nitrogens with zero attached hydrogens (tertiary/aromatic N) is 1. The predicted molar refractivity (Wildman–Crippen MR) is 78.1 cm³/mol. The van der Waals surface area contributed by atoms with Gasteiger partial charge in [-0.25, -0.2) is 0 Å². The van der Waals surface area contributed by atoms with Crippen LogP contribution in [0.1, 0.15) is 47.0 Å². The average Bonchev–Trinajstić information content (AvgIpc) is 3.16. The lowest BCUT2D eigenvalue weighted by Gasteiger charge is -2.28. The minimum Gasteiger partial charge on any atom is -0.465 e. The summed E-state index contributed by atoms with van der Waals surface area (Å²) in [6.07, 6.45) is 3.58. The third kappa shape index (κ3) is 6.39. The Morgan fingerprint density at radius 1 is 1.37 bits per heavy atom. The van der Waals surface area contributed by atoms with Crippen molar-refractivity contribution in [1.82, 2.24) is 10.2 Å². The van der Waals surface area contributed by atoms with Gasteiger partial charge in [-0.05, 0) is 52.5 Å². The van der Waals surface area contributed by atoms with Gasteiger partial charge in [0.2, 0.25) is 0 Å². The number of carbonyl (C=O) groups is 1. The second-order valence-corrected chi connectivity index (χ2v) is 5.68. The Morgan fingerprint density at radius 2 is 2.05 bits per heavy atom. The van der Waals surface area contributed by atoms with E-state index in [1.807, 2.05) is 13.8 Å². The molecule has 112 valence electrons. The van der Waals surface area contributed by atoms with Crippen molar-refractivity contribution in [3.63, 3.8) is 0 Å². The van der Waals surface area contributed by atoms with Gasteiger partial charge < -0.3 is 15.0 Å². The Morgan fingerprint density at radius 3 is 2.53 bits per heavy atom. The van der Waals surface area contributed by atoms with Crippen molar-refractivity contribution >= 4 is 5.97 Å². The van der Waals surface area contributed by atoms with Crippen LogP contribution >= 0.6 is 0 Å². The van der Waals surface area contributed by atoms with Gasteiger partial charge in [0.25, 0.3) is 0 Å². The molecule has 0 aromatic heterocycles. The summed E-state index contributed by atoms with van der Waals surface area (Å²) in [6.45, 7) is 11.7. The molecule has 1 fully saturated rings. The lowest BCUT2D eigenvalue weighted by Crippen LogP contribution is -2.42. The van der Waals surface area contributed by atoms with Crippen molar-refractivity contribution in [3.05, 3.63) is 0 Å². The van der Waals surface area contributed by atoms with E-state index in [1.165, 1.54) is 19.4 Å². The van der Waals surface area contributed by atoms with E-state index in [2.05, 4.69) is 24.1 Å². The summed E-state index contributed by atoms with van der Waals surface area (Å²) in [4.78, 5) is 14.3. The lowest BCUT2D eigenvalue weighted by atomic mass is 10.1. The van der Waals surface area contributed by atoms with Crippen molar-refractivity contribution in [2.45, 2.75) is 59.0 Å². The Kier molecular flexibility index (Phi) is 7.39. The van der Waals surface area contributed by atoms with Crippen LogP contribution in [0.25, 0.3) is 0 Å². The van der Waals surface area contributed by atoms with Gasteiger partial charge in [-0.15, -0.1) is 0 Å². The van der Waals surface area contributed by atoms with Crippen molar-refractivity contribution in [1.29, 1.82) is 0 Å². The highest BCUT2D eigenvalue weighted by Gasteiger charge is 2.26. The Balaban J connectivity index is 2.40. The topological polar surface area (TPSA) is 41.6 Å². The zero-order chi connectivity index (χ0) is 14.3. The number of ether oxygens (including phenoxy) is 1. The molecule has 1 aliphatic carbocycles. The number of carbonyl (C=O) groups excluding carboxylic acids is 1. The molecule has 4 nitrogen and oxygen atoms in total. The molecule has 0 amide bonds. The summed E-state index contributed by atoms with van der Waals surface area (Å²) in [6, 6.07) is 0.385. The van der Waals surface area contributed by atoms with Gasteiger partial charge >= 0.3 is 5.97 Å². The van der Waals surface area contributed by atoms with Gasteiger partial charge in [-0.1, -0.05) is 6.92 Å². The van der Waals surface area contributed by atoms with E-state index >= 15 is 0 Å². The van der Waals surface area contributed by atoms with Gasteiger partial charge in [-0.3, -0.25) is 4.79 Å². The smallest absolute Gasteiger partial charge is 0.323 e. The Hall–Kier alpha value is -0.610. The third-order valence-corrected chi connectivity index (χ3v) is 3.65. The fourth-order valence-electron chi connectivity index (χ4n) is 2.28. The molecule has 0 spiro atoms. The molecule has 1 N–H and O–H groups in total. The second-order valence-electron chi connectivity index (χ2n) is 5.68. The first-order valence-electron chi connectivity index (χ1n) is 7.72. The summed E-state index contributed by atoms with van der Waals surface area (Å²) in [5.41, 5.74) is 0. The van der Waals surface area contributed by atoms with E-state index in [0.717, 1.165) is 25.4 Å². The summed E-state index contributed by atoms with van der Waals surface area (Å²) in [7, 11) is 0. The maximum atomic E-state index is 11.8. The molecular formula is C15H30N2O2. The summed E-state index contributed by atoms with van der Waals surface area (Å²) in [5.74, 6) is 0.780. The monoisotopic (exact) mass is 270 g/mol. The van der Waals surface area contributed by atoms with Crippen molar-refractivity contribution in [3.8, 4) is 0 Å². The molecule has 0 radical (unpaired) electrons. The van der Waals surface area contributed by atoms with E-state index in [-0.39, 0.29) is 12.0 Å². The van der Waals surface area contributed by atoms with Crippen LogP contribution in [0.4, 0.5) is 0 Å². The number of hydrogen-bond acceptors (Lipinski definition) is 4. The number of rotatable bonds is 10. The van der Waals surface area contributed by atoms with Crippen molar-refractivity contribution < 1.29 is 9.53 Å². The molecule has 1 saturated carbocycles. The van der Waals surface area contributed by atoms with E-state index in [4.69, 9.17) is 4.74 Å². The molecule has 1 unspecified atom stereocenters. The van der Waals surface area contributed by atoms with Crippen LogP contribution in [-0.2, 0) is 9.53 Å². The van der Waals surface area contributed by atoms with E-state index < -0.39 is 0 Å². The fourth-order valence-corrected chi connectivity index (χ4v) is 2.28. The van der Waals surface area contributed by atoms with Crippen LogP contribution in [0, 0.1) is 5.92 Å². The quantitative estimate of drug-likeness (QED) is 0.617. The molecule has 1 rings (SSSR count). The van der Waals surface area contributed by atoms with Crippen molar-refractivity contribution in [2.75, 3.05) is 26.2 Å². The average molecular weight is 270 g/mol. The van der Waals surface area contributed by atoms with Gasteiger partial charge in [0.05, 0.1) is 6.61 Å². The molecule has 0 aromatic rings. The van der Waals surface area contributed by atoms with E-state index in [9.17, 15) is 4.79 Å². The third-order valence-electron chi connectivity index (χ3n) is 3.65. The van der Waals surface area contributed by atoms with Gasteiger partial charge in [0.1, 0.15) is 6.04 Å². The summed E-state index contributed by atoms with van der Waals surface area (Å²) >= 11 is 0. The SMILES string of the molecule is CCNC(CCN(CC1CC1)C(C)C)C(=O)OCC. The van der Waals surface area contributed by atoms with Crippen LogP contribution in [0.2, 0.25) is 0 Å². The van der Waals surface area contributed by atoms with Crippen LogP contribution in [0.15, 0.2) is 0 Å². The minimum atomic E-state index is -0.162. The van der Waals surface area contributed by atoms with Crippen LogP contribution in [0.5, 0.6) is 0 Å². The maximum Gasteiger partial charge on any atom is 0.323 e. The van der Waals surface area contributed by atoms with Gasteiger partial charge in [-0.2, -0.15) is 0 Å². The predicted octanol–water partition coefficient (Wildman–Crippen LogP) is 2.04. The molecule has 1 atom stereocenters. The van der Waals surface area contributed by atoms with Crippen LogP contribution < -0.4 is 5.32 Å². The number of likely N-dealkylation sites (N-methyl/N-ethyl adjacent to an activating group) is 1. The van der Waals surface area contributed by atoms with Crippen molar-refractivity contribution in [2.24, 2.45) is 5.92 Å². The molecule has 4 heteroatoms.